The molecule has 0 unspecified atom stereocenters. The number of hydrogen-bond acceptors (Lipinski definition) is 5. The van der Waals surface area contributed by atoms with Crippen LogP contribution in [0.4, 0.5) is 24.9 Å². The van der Waals surface area contributed by atoms with Crippen LogP contribution in [-0.4, -0.2) is 22.6 Å². The van der Waals surface area contributed by atoms with Crippen molar-refractivity contribution >= 4 is 11.8 Å². The van der Waals surface area contributed by atoms with Crippen LogP contribution in [0.15, 0.2) is 30.3 Å². The Balaban J connectivity index is 1.61. The van der Waals surface area contributed by atoms with Crippen molar-refractivity contribution < 1.29 is 13.2 Å². The maximum Gasteiger partial charge on any atom is 0.416 e. The predicted octanol–water partition coefficient (Wildman–Crippen LogP) is 2.94. The summed E-state index contributed by atoms with van der Waals surface area (Å²) in [6, 6.07) is 7.36. The highest BCUT2D eigenvalue weighted by Gasteiger charge is 2.30. The van der Waals surface area contributed by atoms with Crippen LogP contribution in [0.25, 0.3) is 0 Å². The van der Waals surface area contributed by atoms with Crippen molar-refractivity contribution in [3.63, 3.8) is 0 Å². The minimum atomic E-state index is -4.33. The lowest BCUT2D eigenvalue weighted by atomic mass is 9.78. The van der Waals surface area contributed by atoms with Crippen molar-refractivity contribution in [2.45, 2.75) is 37.4 Å². The lowest BCUT2D eigenvalue weighted by molar-refractivity contribution is -0.137. The van der Waals surface area contributed by atoms with Gasteiger partial charge in [0.2, 0.25) is 5.95 Å². The topological polar surface area (TPSA) is 89.8 Å². The highest BCUT2D eigenvalue weighted by atomic mass is 19.4. The van der Waals surface area contributed by atoms with Gasteiger partial charge in [0.15, 0.2) is 0 Å². The predicted molar refractivity (Wildman–Crippen MR) is 90.0 cm³/mol. The Hall–Kier alpha value is -2.35. The van der Waals surface area contributed by atoms with Gasteiger partial charge in [0.05, 0.1) is 11.3 Å². The van der Waals surface area contributed by atoms with Crippen molar-refractivity contribution in [2.75, 3.05) is 17.6 Å². The fourth-order valence-electron chi connectivity index (χ4n) is 2.93. The molecular weight excluding hydrogens is 331 g/mol. The van der Waals surface area contributed by atoms with Gasteiger partial charge in [-0.05, 0) is 30.9 Å². The van der Waals surface area contributed by atoms with E-state index >= 15 is 0 Å². The second kappa shape index (κ2) is 6.87. The summed E-state index contributed by atoms with van der Waals surface area (Å²) in [4.78, 5) is 8.37. The minimum absolute atomic E-state index is 0.180. The molecule has 0 bridgehead atoms. The number of anilines is 2. The van der Waals surface area contributed by atoms with Gasteiger partial charge in [-0.3, -0.25) is 0 Å². The summed E-state index contributed by atoms with van der Waals surface area (Å²) in [5.41, 5.74) is 12.4. The molecule has 1 fully saturated rings. The number of aromatic nitrogens is 2. The van der Waals surface area contributed by atoms with Crippen LogP contribution >= 0.6 is 0 Å². The van der Waals surface area contributed by atoms with E-state index in [1.54, 1.807) is 6.07 Å². The number of nitrogen functional groups attached to an aromatic ring is 1. The Kier molecular flexibility index (Phi) is 4.80. The summed E-state index contributed by atoms with van der Waals surface area (Å²) in [5, 5.41) is 3.10. The highest BCUT2D eigenvalue weighted by molar-refractivity contribution is 5.42. The Morgan fingerprint density at radius 3 is 2.60 bits per heavy atom. The van der Waals surface area contributed by atoms with E-state index in [9.17, 15) is 13.2 Å². The molecule has 5 N–H and O–H groups in total. The summed E-state index contributed by atoms with van der Waals surface area (Å²) >= 11 is 0. The molecule has 134 valence electrons. The van der Waals surface area contributed by atoms with E-state index in [4.69, 9.17) is 11.5 Å². The summed E-state index contributed by atoms with van der Waals surface area (Å²) in [5.74, 6) is 1.05. The smallest absolute Gasteiger partial charge is 0.370 e. The molecule has 0 saturated heterocycles. The SMILES string of the molecule is Nc1nc(NCCc2cccc(C(F)(F)F)c2)cc(C2CC(N)C2)n1. The molecule has 0 radical (unpaired) electrons. The van der Waals surface area contributed by atoms with Crippen LogP contribution < -0.4 is 16.8 Å². The van der Waals surface area contributed by atoms with Crippen LogP contribution in [0.1, 0.15) is 35.6 Å². The van der Waals surface area contributed by atoms with E-state index in [1.165, 1.54) is 6.07 Å². The lowest BCUT2D eigenvalue weighted by Crippen LogP contribution is -2.35. The molecule has 1 aliphatic rings. The first-order chi connectivity index (χ1) is 11.8. The number of nitrogens with one attached hydrogen (secondary N) is 1. The molecule has 5 nitrogen and oxygen atoms in total. The van der Waals surface area contributed by atoms with Gasteiger partial charge in [0.1, 0.15) is 5.82 Å². The molecule has 0 spiro atoms. The van der Waals surface area contributed by atoms with E-state index in [-0.39, 0.29) is 12.0 Å². The van der Waals surface area contributed by atoms with Gasteiger partial charge in [-0.2, -0.15) is 18.2 Å². The molecule has 0 atom stereocenters. The van der Waals surface area contributed by atoms with Crippen molar-refractivity contribution in [3.05, 3.63) is 47.2 Å². The third-order valence-corrected chi connectivity index (χ3v) is 4.33. The van der Waals surface area contributed by atoms with Crippen LogP contribution in [0.2, 0.25) is 0 Å². The largest absolute Gasteiger partial charge is 0.416 e. The first-order valence-electron chi connectivity index (χ1n) is 8.11. The van der Waals surface area contributed by atoms with Gasteiger partial charge in [-0.25, -0.2) is 4.98 Å². The van der Waals surface area contributed by atoms with Gasteiger partial charge in [0, 0.05) is 24.6 Å². The molecule has 1 heterocycles. The third kappa shape index (κ3) is 4.39. The Morgan fingerprint density at radius 1 is 1.16 bits per heavy atom. The number of nitrogens with two attached hydrogens (primary N) is 2. The Bertz CT molecular complexity index is 741. The van der Waals surface area contributed by atoms with Crippen LogP contribution in [-0.2, 0) is 12.6 Å². The van der Waals surface area contributed by atoms with E-state index in [1.807, 2.05) is 6.07 Å². The first-order valence-corrected chi connectivity index (χ1v) is 8.11. The van der Waals surface area contributed by atoms with Gasteiger partial charge in [-0.15, -0.1) is 0 Å². The van der Waals surface area contributed by atoms with Crippen molar-refractivity contribution in [1.29, 1.82) is 0 Å². The third-order valence-electron chi connectivity index (χ3n) is 4.33. The number of nitrogens with zero attached hydrogens (tertiary/aromatic N) is 2. The number of benzene rings is 1. The summed E-state index contributed by atoms with van der Waals surface area (Å²) in [6.07, 6.45) is -2.14. The number of halogens is 3. The summed E-state index contributed by atoms with van der Waals surface area (Å²) in [7, 11) is 0. The molecule has 1 aromatic heterocycles. The monoisotopic (exact) mass is 351 g/mol. The Morgan fingerprint density at radius 2 is 1.92 bits per heavy atom. The average Bonchev–Trinajstić information content (AvgIpc) is 2.51. The molecule has 2 aromatic rings. The van der Waals surface area contributed by atoms with Gasteiger partial charge in [-0.1, -0.05) is 18.2 Å². The lowest BCUT2D eigenvalue weighted by Gasteiger charge is -2.32. The van der Waals surface area contributed by atoms with Crippen LogP contribution in [0, 0.1) is 0 Å². The Labute approximate surface area is 143 Å². The number of hydrogen-bond donors (Lipinski definition) is 3. The maximum absolute atomic E-state index is 12.7. The number of rotatable bonds is 5. The minimum Gasteiger partial charge on any atom is -0.370 e. The highest BCUT2D eigenvalue weighted by Crippen LogP contribution is 2.35. The normalized spacial score (nSPS) is 20.2. The zero-order valence-corrected chi connectivity index (χ0v) is 13.6. The molecule has 1 aliphatic carbocycles. The molecule has 3 rings (SSSR count). The van der Waals surface area contributed by atoms with E-state index < -0.39 is 11.7 Å². The van der Waals surface area contributed by atoms with Crippen LogP contribution in [0.3, 0.4) is 0 Å². The molecule has 1 aromatic carbocycles. The molecule has 0 amide bonds. The fraction of sp³-hybridized carbons (Fsp3) is 0.412. The zero-order chi connectivity index (χ0) is 18.0. The van der Waals surface area contributed by atoms with Gasteiger partial charge in [0.25, 0.3) is 0 Å². The number of alkyl halides is 3. The van der Waals surface area contributed by atoms with Crippen LogP contribution in [0.5, 0.6) is 0 Å². The van der Waals surface area contributed by atoms with Crippen molar-refractivity contribution in [1.82, 2.24) is 9.97 Å². The van der Waals surface area contributed by atoms with E-state index in [2.05, 4.69) is 15.3 Å². The maximum atomic E-state index is 12.7. The molecule has 8 heteroatoms. The molecule has 25 heavy (non-hydrogen) atoms. The van der Waals surface area contributed by atoms with Crippen molar-refractivity contribution in [3.8, 4) is 0 Å². The molecular formula is C17H20F3N5. The summed E-state index contributed by atoms with van der Waals surface area (Å²) < 4.78 is 38.2. The quantitative estimate of drug-likeness (QED) is 0.771. The average molecular weight is 351 g/mol. The molecule has 0 aliphatic heterocycles. The van der Waals surface area contributed by atoms with Gasteiger partial charge >= 0.3 is 6.18 Å². The summed E-state index contributed by atoms with van der Waals surface area (Å²) in [6.45, 7) is 0.446. The van der Waals surface area contributed by atoms with E-state index in [0.29, 0.717) is 30.3 Å². The molecule has 1 saturated carbocycles. The van der Waals surface area contributed by atoms with Crippen molar-refractivity contribution in [2.24, 2.45) is 5.73 Å². The van der Waals surface area contributed by atoms with Gasteiger partial charge < -0.3 is 16.8 Å². The first kappa shape index (κ1) is 17.5. The fourth-order valence-corrected chi connectivity index (χ4v) is 2.93. The van der Waals surface area contributed by atoms with E-state index in [0.717, 1.165) is 30.7 Å². The zero-order valence-electron chi connectivity index (χ0n) is 13.6. The second-order valence-corrected chi connectivity index (χ2v) is 6.34. The second-order valence-electron chi connectivity index (χ2n) is 6.34. The standard InChI is InChI=1S/C17H20F3N5/c18-17(19,20)12-3-1-2-10(6-12)4-5-23-15-9-14(24-16(22)25-15)11-7-13(21)8-11/h1-3,6,9,11,13H,4-5,7-8,21H2,(H3,22,23,24,25).